The molecule has 0 atom stereocenters. The van der Waals surface area contributed by atoms with E-state index in [1.165, 1.54) is 5.56 Å². The molecule has 2 aromatic heterocycles. The lowest BCUT2D eigenvalue weighted by Crippen LogP contribution is -2.11. The Morgan fingerprint density at radius 3 is 2.94 bits per heavy atom. The second-order valence-electron chi connectivity index (χ2n) is 4.16. The summed E-state index contributed by atoms with van der Waals surface area (Å²) in [6, 6.07) is 6.12. The molecule has 1 N–H and O–H groups in total. The first kappa shape index (κ1) is 13.1. The third-order valence-electron chi connectivity index (χ3n) is 2.64. The number of aryl methyl sites for hydroxylation is 1. The van der Waals surface area contributed by atoms with Crippen molar-refractivity contribution in [3.63, 3.8) is 0 Å². The van der Waals surface area contributed by atoms with E-state index in [9.17, 15) is 0 Å². The number of nitrogens with one attached hydrogen (secondary N) is 1. The standard InChI is InChI=1S/C14H18N2OS/c1-11-3-4-14(13(16-11)9-15-2)17-7-5-12-6-8-18-10-12/h3-4,6,8,10,15H,5,7,9H2,1-2H3. The van der Waals surface area contributed by atoms with Crippen molar-refractivity contribution in [2.75, 3.05) is 13.7 Å². The fourth-order valence-electron chi connectivity index (χ4n) is 1.74. The molecular formula is C14H18N2OS. The highest BCUT2D eigenvalue weighted by Crippen LogP contribution is 2.17. The van der Waals surface area contributed by atoms with Crippen LogP contribution in [0.1, 0.15) is 17.0 Å². The second kappa shape index (κ2) is 6.52. The number of rotatable bonds is 6. The molecule has 2 rings (SSSR count). The molecule has 0 aliphatic rings. The van der Waals surface area contributed by atoms with Gasteiger partial charge in [-0.15, -0.1) is 0 Å². The minimum Gasteiger partial charge on any atom is -0.491 e. The smallest absolute Gasteiger partial charge is 0.142 e. The summed E-state index contributed by atoms with van der Waals surface area (Å²) in [6.45, 7) is 3.42. The average molecular weight is 262 g/mol. The van der Waals surface area contributed by atoms with Crippen LogP contribution in [0.15, 0.2) is 29.0 Å². The number of hydrogen-bond acceptors (Lipinski definition) is 4. The monoisotopic (exact) mass is 262 g/mol. The van der Waals surface area contributed by atoms with E-state index >= 15 is 0 Å². The Morgan fingerprint density at radius 1 is 1.33 bits per heavy atom. The van der Waals surface area contributed by atoms with Gasteiger partial charge in [-0.2, -0.15) is 11.3 Å². The normalized spacial score (nSPS) is 10.6. The molecule has 18 heavy (non-hydrogen) atoms. The van der Waals surface area contributed by atoms with E-state index in [1.54, 1.807) is 11.3 Å². The van der Waals surface area contributed by atoms with Crippen LogP contribution in [0.3, 0.4) is 0 Å². The fraction of sp³-hybridized carbons (Fsp3) is 0.357. The van der Waals surface area contributed by atoms with Gasteiger partial charge in [-0.25, -0.2) is 0 Å². The first-order valence-electron chi connectivity index (χ1n) is 6.04. The van der Waals surface area contributed by atoms with Crippen molar-refractivity contribution < 1.29 is 4.74 Å². The van der Waals surface area contributed by atoms with Crippen molar-refractivity contribution in [3.8, 4) is 5.75 Å². The number of aromatic nitrogens is 1. The molecule has 0 aliphatic carbocycles. The van der Waals surface area contributed by atoms with E-state index in [1.807, 2.05) is 26.1 Å². The van der Waals surface area contributed by atoms with Crippen LogP contribution < -0.4 is 10.1 Å². The third-order valence-corrected chi connectivity index (χ3v) is 3.38. The highest BCUT2D eigenvalue weighted by Gasteiger charge is 2.05. The largest absolute Gasteiger partial charge is 0.491 e. The van der Waals surface area contributed by atoms with Crippen LogP contribution in [0.5, 0.6) is 5.75 Å². The quantitative estimate of drug-likeness (QED) is 0.869. The summed E-state index contributed by atoms with van der Waals surface area (Å²) < 4.78 is 5.82. The highest BCUT2D eigenvalue weighted by molar-refractivity contribution is 7.07. The van der Waals surface area contributed by atoms with E-state index in [4.69, 9.17) is 4.74 Å². The third kappa shape index (κ3) is 3.55. The predicted octanol–water partition coefficient (Wildman–Crippen LogP) is 2.79. The van der Waals surface area contributed by atoms with Gasteiger partial charge in [0.1, 0.15) is 5.75 Å². The lowest BCUT2D eigenvalue weighted by Gasteiger charge is -2.11. The molecular weight excluding hydrogens is 244 g/mol. The molecule has 0 aromatic carbocycles. The van der Waals surface area contributed by atoms with Crippen molar-refractivity contribution in [1.29, 1.82) is 0 Å². The number of thiophene rings is 1. The molecule has 0 amide bonds. The summed E-state index contributed by atoms with van der Waals surface area (Å²) in [5.74, 6) is 0.880. The number of nitrogens with zero attached hydrogens (tertiary/aromatic N) is 1. The molecule has 0 saturated carbocycles. The van der Waals surface area contributed by atoms with Crippen molar-refractivity contribution in [2.45, 2.75) is 19.9 Å². The lowest BCUT2D eigenvalue weighted by molar-refractivity contribution is 0.316. The van der Waals surface area contributed by atoms with Crippen LogP contribution in [0, 0.1) is 6.92 Å². The van der Waals surface area contributed by atoms with Gasteiger partial charge in [-0.05, 0) is 48.5 Å². The zero-order chi connectivity index (χ0) is 12.8. The number of hydrogen-bond donors (Lipinski definition) is 1. The zero-order valence-electron chi connectivity index (χ0n) is 10.8. The Kier molecular flexibility index (Phi) is 4.73. The van der Waals surface area contributed by atoms with Gasteiger partial charge < -0.3 is 10.1 Å². The van der Waals surface area contributed by atoms with Crippen LogP contribution >= 0.6 is 11.3 Å². The fourth-order valence-corrected chi connectivity index (χ4v) is 2.44. The van der Waals surface area contributed by atoms with Crippen molar-refractivity contribution >= 4 is 11.3 Å². The predicted molar refractivity (Wildman–Crippen MR) is 75.3 cm³/mol. The Labute approximate surface area is 112 Å². The van der Waals surface area contributed by atoms with Crippen molar-refractivity contribution in [3.05, 3.63) is 45.9 Å². The van der Waals surface area contributed by atoms with Crippen LogP contribution in [0.2, 0.25) is 0 Å². The molecule has 0 aliphatic heterocycles. The Balaban J connectivity index is 1.95. The maximum Gasteiger partial charge on any atom is 0.142 e. The summed E-state index contributed by atoms with van der Waals surface area (Å²) in [5, 5.41) is 7.37. The summed E-state index contributed by atoms with van der Waals surface area (Å²) in [4.78, 5) is 4.49. The van der Waals surface area contributed by atoms with E-state index in [0.717, 1.165) is 30.1 Å². The van der Waals surface area contributed by atoms with E-state index in [2.05, 4.69) is 27.1 Å². The molecule has 0 spiro atoms. The van der Waals surface area contributed by atoms with E-state index < -0.39 is 0 Å². The van der Waals surface area contributed by atoms with Crippen molar-refractivity contribution in [2.24, 2.45) is 0 Å². The molecule has 2 aromatic rings. The Hall–Kier alpha value is -1.39. The van der Waals surface area contributed by atoms with Crippen LogP contribution in [0.25, 0.3) is 0 Å². The molecule has 0 unspecified atom stereocenters. The van der Waals surface area contributed by atoms with Crippen LogP contribution in [0.4, 0.5) is 0 Å². The summed E-state index contributed by atoms with van der Waals surface area (Å²) >= 11 is 1.72. The molecule has 0 fully saturated rings. The summed E-state index contributed by atoms with van der Waals surface area (Å²) in [7, 11) is 1.92. The summed E-state index contributed by atoms with van der Waals surface area (Å²) in [6.07, 6.45) is 0.941. The SMILES string of the molecule is CNCc1nc(C)ccc1OCCc1ccsc1. The van der Waals surface area contributed by atoms with E-state index in [-0.39, 0.29) is 0 Å². The number of pyridine rings is 1. The minimum absolute atomic E-state index is 0.693. The maximum atomic E-state index is 5.82. The van der Waals surface area contributed by atoms with E-state index in [0.29, 0.717) is 6.61 Å². The average Bonchev–Trinajstić information content (AvgIpc) is 2.85. The van der Waals surface area contributed by atoms with Gasteiger partial charge in [-0.1, -0.05) is 0 Å². The van der Waals surface area contributed by atoms with Crippen LogP contribution in [-0.4, -0.2) is 18.6 Å². The van der Waals surface area contributed by atoms with Gasteiger partial charge in [0.15, 0.2) is 0 Å². The van der Waals surface area contributed by atoms with Gasteiger partial charge in [0, 0.05) is 18.7 Å². The highest BCUT2D eigenvalue weighted by atomic mass is 32.1. The minimum atomic E-state index is 0.693. The lowest BCUT2D eigenvalue weighted by atomic mass is 10.2. The molecule has 0 radical (unpaired) electrons. The maximum absolute atomic E-state index is 5.82. The first-order chi connectivity index (χ1) is 8.79. The molecule has 2 heterocycles. The van der Waals surface area contributed by atoms with Gasteiger partial charge in [0.25, 0.3) is 0 Å². The molecule has 0 bridgehead atoms. The van der Waals surface area contributed by atoms with Crippen LogP contribution in [-0.2, 0) is 13.0 Å². The summed E-state index contributed by atoms with van der Waals surface area (Å²) in [5.41, 5.74) is 3.32. The number of ether oxygens (including phenoxy) is 1. The van der Waals surface area contributed by atoms with Crippen molar-refractivity contribution in [1.82, 2.24) is 10.3 Å². The topological polar surface area (TPSA) is 34.2 Å². The van der Waals surface area contributed by atoms with Gasteiger partial charge in [-0.3, -0.25) is 4.98 Å². The second-order valence-corrected chi connectivity index (χ2v) is 4.94. The Bertz CT molecular complexity index is 483. The molecule has 0 saturated heterocycles. The van der Waals surface area contributed by atoms with Gasteiger partial charge >= 0.3 is 0 Å². The molecule has 96 valence electrons. The zero-order valence-corrected chi connectivity index (χ0v) is 11.6. The Morgan fingerprint density at radius 2 is 2.22 bits per heavy atom. The van der Waals surface area contributed by atoms with Gasteiger partial charge in [0.05, 0.1) is 12.3 Å². The molecule has 3 nitrogen and oxygen atoms in total. The first-order valence-corrected chi connectivity index (χ1v) is 6.99. The molecule has 4 heteroatoms. The van der Waals surface area contributed by atoms with Gasteiger partial charge in [0.2, 0.25) is 0 Å².